The third-order valence-corrected chi connectivity index (χ3v) is 3.50. The van der Waals surface area contributed by atoms with Crippen LogP contribution in [-0.2, 0) is 23.9 Å². The summed E-state index contributed by atoms with van der Waals surface area (Å²) in [6.45, 7) is 2.02. The van der Waals surface area contributed by atoms with Crippen molar-refractivity contribution < 1.29 is 29.0 Å². The van der Waals surface area contributed by atoms with Gasteiger partial charge in [0.05, 0.1) is 25.7 Å². The average molecular weight is 288 g/mol. The number of aliphatic carboxylic acids is 1. The Morgan fingerprint density at radius 3 is 2.65 bits per heavy atom. The number of hydrogen-bond donors (Lipinski definition) is 3. The fourth-order valence-corrected chi connectivity index (χ4v) is 1.87. The van der Waals surface area contributed by atoms with E-state index in [9.17, 15) is 14.4 Å². The van der Waals surface area contributed by atoms with Gasteiger partial charge in [-0.1, -0.05) is 0 Å². The summed E-state index contributed by atoms with van der Waals surface area (Å²) in [6, 6.07) is -1.65. The molecule has 0 spiro atoms. The van der Waals surface area contributed by atoms with Crippen LogP contribution in [0.1, 0.15) is 19.8 Å². The van der Waals surface area contributed by atoms with Crippen molar-refractivity contribution in [3.63, 3.8) is 0 Å². The van der Waals surface area contributed by atoms with E-state index >= 15 is 0 Å². The van der Waals surface area contributed by atoms with Crippen LogP contribution in [0.2, 0.25) is 0 Å². The van der Waals surface area contributed by atoms with Crippen LogP contribution in [0.5, 0.6) is 0 Å². The Kier molecular flexibility index (Phi) is 5.46. The highest BCUT2D eigenvalue weighted by atomic mass is 16.5. The molecule has 1 fully saturated rings. The molecule has 0 radical (unpaired) electrons. The molecule has 1 saturated heterocycles. The van der Waals surface area contributed by atoms with Crippen molar-refractivity contribution in [1.82, 2.24) is 5.32 Å². The molecule has 8 nitrogen and oxygen atoms in total. The highest BCUT2D eigenvalue weighted by Crippen LogP contribution is 2.27. The van der Waals surface area contributed by atoms with Crippen LogP contribution < -0.4 is 11.1 Å². The Balaban J connectivity index is 2.63. The average Bonchev–Trinajstić information content (AvgIpc) is 2.74. The first-order valence-corrected chi connectivity index (χ1v) is 6.25. The van der Waals surface area contributed by atoms with Crippen LogP contribution in [0.4, 0.5) is 0 Å². The summed E-state index contributed by atoms with van der Waals surface area (Å²) in [5, 5.41) is 11.5. The third-order valence-electron chi connectivity index (χ3n) is 3.50. The lowest BCUT2D eigenvalue weighted by atomic mass is 9.84. The Morgan fingerprint density at radius 1 is 1.55 bits per heavy atom. The molecule has 4 N–H and O–H groups in total. The Bertz CT molecular complexity index is 399. The summed E-state index contributed by atoms with van der Waals surface area (Å²) < 4.78 is 9.58. The van der Waals surface area contributed by atoms with Gasteiger partial charge in [0, 0.05) is 12.5 Å². The number of carboxylic acid groups (broad SMARTS) is 1. The van der Waals surface area contributed by atoms with Crippen molar-refractivity contribution in [2.24, 2.45) is 11.1 Å². The van der Waals surface area contributed by atoms with Crippen LogP contribution in [0.25, 0.3) is 0 Å². The first-order valence-electron chi connectivity index (χ1n) is 6.25. The van der Waals surface area contributed by atoms with Gasteiger partial charge < -0.3 is 25.6 Å². The van der Waals surface area contributed by atoms with Gasteiger partial charge in [-0.05, 0) is 13.3 Å². The predicted octanol–water partition coefficient (Wildman–Crippen LogP) is -1.13. The summed E-state index contributed by atoms with van der Waals surface area (Å²) in [7, 11) is 1.21. The largest absolute Gasteiger partial charge is 0.480 e. The van der Waals surface area contributed by atoms with Crippen molar-refractivity contribution in [3.05, 3.63) is 0 Å². The fraction of sp³-hybridized carbons (Fsp3) is 0.750. The number of methoxy groups -OCH3 is 1. The van der Waals surface area contributed by atoms with Crippen LogP contribution in [0.15, 0.2) is 0 Å². The zero-order chi connectivity index (χ0) is 15.3. The minimum atomic E-state index is -1.21. The maximum atomic E-state index is 12.2. The highest BCUT2D eigenvalue weighted by molar-refractivity contribution is 5.88. The minimum Gasteiger partial charge on any atom is -0.480 e. The molecule has 0 aromatic heterocycles. The molecule has 3 atom stereocenters. The summed E-state index contributed by atoms with van der Waals surface area (Å²) >= 11 is 0. The number of rotatable bonds is 6. The topological polar surface area (TPSA) is 128 Å². The molecule has 0 aliphatic carbocycles. The van der Waals surface area contributed by atoms with E-state index in [1.807, 2.05) is 0 Å². The van der Waals surface area contributed by atoms with E-state index in [2.05, 4.69) is 10.1 Å². The molecular formula is C12H20N2O6. The molecule has 1 aliphatic heterocycles. The standard InChI is InChI=1S/C12H20N2O6/c1-12(6-20-5-8(12)13)11(18)14-7(10(16)17)3-4-9(15)19-2/h7-8H,3-6,13H2,1-2H3,(H,14,18)(H,16,17). The van der Waals surface area contributed by atoms with Crippen LogP contribution in [0, 0.1) is 5.41 Å². The molecule has 0 bridgehead atoms. The van der Waals surface area contributed by atoms with Gasteiger partial charge in [0.1, 0.15) is 6.04 Å². The number of amides is 1. The molecule has 0 aromatic rings. The van der Waals surface area contributed by atoms with E-state index in [1.165, 1.54) is 7.11 Å². The lowest BCUT2D eigenvalue weighted by molar-refractivity contribution is -0.145. The van der Waals surface area contributed by atoms with Gasteiger partial charge in [0.15, 0.2) is 0 Å². The van der Waals surface area contributed by atoms with Crippen molar-refractivity contribution in [2.45, 2.75) is 31.8 Å². The zero-order valence-corrected chi connectivity index (χ0v) is 11.5. The van der Waals surface area contributed by atoms with Gasteiger partial charge in [-0.2, -0.15) is 0 Å². The van der Waals surface area contributed by atoms with Gasteiger partial charge in [-0.25, -0.2) is 4.79 Å². The zero-order valence-electron chi connectivity index (χ0n) is 11.5. The van der Waals surface area contributed by atoms with Crippen LogP contribution in [0.3, 0.4) is 0 Å². The van der Waals surface area contributed by atoms with E-state index in [0.29, 0.717) is 0 Å². The number of nitrogens with one attached hydrogen (secondary N) is 1. The molecule has 1 rings (SSSR count). The Hall–Kier alpha value is -1.67. The number of carbonyl (C=O) groups is 3. The van der Waals surface area contributed by atoms with Crippen molar-refractivity contribution in [2.75, 3.05) is 20.3 Å². The Labute approximate surface area is 116 Å². The third kappa shape index (κ3) is 3.67. The van der Waals surface area contributed by atoms with Crippen molar-refractivity contribution in [3.8, 4) is 0 Å². The molecule has 3 unspecified atom stereocenters. The SMILES string of the molecule is COC(=O)CCC(NC(=O)C1(C)COCC1N)C(=O)O. The number of esters is 1. The maximum absolute atomic E-state index is 12.2. The lowest BCUT2D eigenvalue weighted by Gasteiger charge is -2.27. The van der Waals surface area contributed by atoms with E-state index < -0.39 is 35.3 Å². The quantitative estimate of drug-likeness (QED) is 0.528. The summed E-state index contributed by atoms with van der Waals surface area (Å²) in [6.07, 6.45) is -0.132. The van der Waals surface area contributed by atoms with Crippen molar-refractivity contribution in [1.29, 1.82) is 0 Å². The van der Waals surface area contributed by atoms with E-state index in [0.717, 1.165) is 0 Å². The molecular weight excluding hydrogens is 268 g/mol. The summed E-state index contributed by atoms with van der Waals surface area (Å²) in [5.74, 6) is -2.23. The van der Waals surface area contributed by atoms with Crippen LogP contribution in [-0.4, -0.2) is 55.4 Å². The molecule has 0 saturated carbocycles. The minimum absolute atomic E-state index is 0.0417. The molecule has 1 heterocycles. The molecule has 114 valence electrons. The van der Waals surface area contributed by atoms with Crippen LogP contribution >= 0.6 is 0 Å². The van der Waals surface area contributed by atoms with Gasteiger partial charge >= 0.3 is 11.9 Å². The summed E-state index contributed by atoms with van der Waals surface area (Å²) in [5.41, 5.74) is 4.84. The molecule has 8 heteroatoms. The molecule has 1 aliphatic rings. The molecule has 1 amide bonds. The smallest absolute Gasteiger partial charge is 0.326 e. The van der Waals surface area contributed by atoms with E-state index in [-0.39, 0.29) is 26.1 Å². The van der Waals surface area contributed by atoms with E-state index in [4.69, 9.17) is 15.6 Å². The lowest BCUT2D eigenvalue weighted by Crippen LogP contribution is -2.54. The first-order chi connectivity index (χ1) is 9.31. The predicted molar refractivity (Wildman–Crippen MR) is 67.7 cm³/mol. The molecule has 20 heavy (non-hydrogen) atoms. The normalized spacial score (nSPS) is 26.9. The second-order valence-electron chi connectivity index (χ2n) is 5.02. The van der Waals surface area contributed by atoms with Gasteiger partial charge in [-0.3, -0.25) is 9.59 Å². The second-order valence-corrected chi connectivity index (χ2v) is 5.02. The van der Waals surface area contributed by atoms with Gasteiger partial charge in [-0.15, -0.1) is 0 Å². The van der Waals surface area contributed by atoms with Gasteiger partial charge in [0.2, 0.25) is 5.91 Å². The van der Waals surface area contributed by atoms with E-state index in [1.54, 1.807) is 6.92 Å². The first kappa shape index (κ1) is 16.4. The monoisotopic (exact) mass is 288 g/mol. The molecule has 0 aromatic carbocycles. The summed E-state index contributed by atoms with van der Waals surface area (Å²) in [4.78, 5) is 34.3. The number of nitrogens with two attached hydrogens (primary N) is 1. The Morgan fingerprint density at radius 2 is 2.20 bits per heavy atom. The number of hydrogen-bond acceptors (Lipinski definition) is 6. The number of carboxylic acids is 1. The second kappa shape index (κ2) is 6.67. The number of ether oxygens (including phenoxy) is 2. The fourth-order valence-electron chi connectivity index (χ4n) is 1.87. The van der Waals surface area contributed by atoms with Crippen molar-refractivity contribution >= 4 is 17.8 Å². The number of carbonyl (C=O) groups excluding carboxylic acids is 2. The maximum Gasteiger partial charge on any atom is 0.326 e. The van der Waals surface area contributed by atoms with Gasteiger partial charge in [0.25, 0.3) is 0 Å². The highest BCUT2D eigenvalue weighted by Gasteiger charge is 2.45.